The van der Waals surface area contributed by atoms with E-state index in [0.29, 0.717) is 6.04 Å². The third-order valence-electron chi connectivity index (χ3n) is 2.54. The van der Waals surface area contributed by atoms with Crippen LogP contribution in [0.1, 0.15) is 6.92 Å². The highest BCUT2D eigenvalue weighted by molar-refractivity contribution is 7.99. The van der Waals surface area contributed by atoms with Gasteiger partial charge >= 0.3 is 0 Å². The maximum atomic E-state index is 5.10. The molecule has 0 bridgehead atoms. The molecule has 3 nitrogen and oxygen atoms in total. The molecule has 0 amide bonds. The molecule has 1 saturated heterocycles. The molecule has 4 heteroatoms. The number of rotatable bonds is 6. The Morgan fingerprint density at radius 3 is 3.00 bits per heavy atom. The van der Waals surface area contributed by atoms with Crippen molar-refractivity contribution >= 4 is 11.8 Å². The van der Waals surface area contributed by atoms with Crippen LogP contribution < -0.4 is 5.32 Å². The number of nitrogens with one attached hydrogen (secondary N) is 1. The average Bonchev–Trinajstić information content (AvgIpc) is 2.25. The molecule has 1 atom stereocenters. The second-order valence-electron chi connectivity index (χ2n) is 3.61. The van der Waals surface area contributed by atoms with E-state index in [2.05, 4.69) is 28.9 Å². The van der Waals surface area contributed by atoms with Crippen LogP contribution in [0, 0.1) is 0 Å². The zero-order valence-corrected chi connectivity index (χ0v) is 10.1. The number of thioether (sulfide) groups is 1. The topological polar surface area (TPSA) is 24.5 Å². The average molecular weight is 218 g/mol. The Kier molecular flexibility index (Phi) is 6.60. The van der Waals surface area contributed by atoms with Crippen LogP contribution in [0.4, 0.5) is 0 Å². The largest absolute Gasteiger partial charge is 0.383 e. The number of hydrogen-bond acceptors (Lipinski definition) is 4. The molecule has 1 aliphatic rings. The number of ether oxygens (including phenoxy) is 1. The molecular formula is C10H22N2OS. The first kappa shape index (κ1) is 12.3. The third-order valence-corrected chi connectivity index (χ3v) is 3.67. The van der Waals surface area contributed by atoms with Crippen molar-refractivity contribution in [1.82, 2.24) is 10.2 Å². The van der Waals surface area contributed by atoms with E-state index in [1.165, 1.54) is 11.5 Å². The maximum absolute atomic E-state index is 5.10. The second-order valence-corrected chi connectivity index (χ2v) is 4.76. The molecule has 84 valence electrons. The summed E-state index contributed by atoms with van der Waals surface area (Å²) in [6, 6.07) is 0.672. The van der Waals surface area contributed by atoms with Gasteiger partial charge in [-0.1, -0.05) is 6.92 Å². The number of likely N-dealkylation sites (N-methyl/N-ethyl adjacent to an activating group) is 1. The molecule has 0 saturated carbocycles. The highest BCUT2D eigenvalue weighted by Gasteiger charge is 2.15. The first-order chi connectivity index (χ1) is 6.86. The second kappa shape index (κ2) is 7.51. The van der Waals surface area contributed by atoms with Gasteiger partial charge in [-0.3, -0.25) is 4.90 Å². The Morgan fingerprint density at radius 2 is 2.43 bits per heavy atom. The van der Waals surface area contributed by atoms with Gasteiger partial charge in [-0.2, -0.15) is 11.8 Å². The van der Waals surface area contributed by atoms with Gasteiger partial charge in [-0.15, -0.1) is 0 Å². The van der Waals surface area contributed by atoms with Gasteiger partial charge < -0.3 is 10.1 Å². The Balaban J connectivity index is 2.16. The van der Waals surface area contributed by atoms with Gasteiger partial charge in [0, 0.05) is 44.3 Å². The zero-order chi connectivity index (χ0) is 10.2. The predicted molar refractivity (Wildman–Crippen MR) is 63.1 cm³/mol. The Labute approximate surface area is 91.6 Å². The lowest BCUT2D eigenvalue weighted by Crippen LogP contribution is -2.46. The Bertz CT molecular complexity index is 140. The molecule has 0 aromatic carbocycles. The smallest absolute Gasteiger partial charge is 0.0589 e. The number of nitrogens with zero attached hydrogens (tertiary/aromatic N) is 1. The van der Waals surface area contributed by atoms with Gasteiger partial charge in [0.1, 0.15) is 0 Å². The molecule has 1 fully saturated rings. The molecule has 1 aliphatic heterocycles. The van der Waals surface area contributed by atoms with Crippen molar-refractivity contribution < 1.29 is 4.74 Å². The van der Waals surface area contributed by atoms with E-state index in [1.54, 1.807) is 7.11 Å². The van der Waals surface area contributed by atoms with Gasteiger partial charge in [-0.25, -0.2) is 0 Å². The molecule has 14 heavy (non-hydrogen) atoms. The highest BCUT2D eigenvalue weighted by Crippen LogP contribution is 2.08. The summed E-state index contributed by atoms with van der Waals surface area (Å²) in [7, 11) is 1.77. The first-order valence-electron chi connectivity index (χ1n) is 5.39. The lowest BCUT2D eigenvalue weighted by molar-refractivity contribution is 0.145. The summed E-state index contributed by atoms with van der Waals surface area (Å²) in [4.78, 5) is 2.45. The van der Waals surface area contributed by atoms with E-state index in [-0.39, 0.29) is 0 Å². The van der Waals surface area contributed by atoms with Gasteiger partial charge in [0.2, 0.25) is 0 Å². The summed E-state index contributed by atoms with van der Waals surface area (Å²) in [5.74, 6) is 2.52. The van der Waals surface area contributed by atoms with E-state index < -0.39 is 0 Å². The molecular weight excluding hydrogens is 196 g/mol. The van der Waals surface area contributed by atoms with E-state index in [1.807, 2.05) is 0 Å². The standard InChI is InChI=1S/C10H22N2OS/c1-3-12(5-6-13-2)8-10-9-14-7-4-11-10/h10-11H,3-9H2,1-2H3. The summed E-state index contributed by atoms with van der Waals surface area (Å²) in [5, 5.41) is 3.56. The molecule has 0 radical (unpaired) electrons. The van der Waals surface area contributed by atoms with Crippen molar-refractivity contribution in [3.63, 3.8) is 0 Å². The molecule has 0 aliphatic carbocycles. The van der Waals surface area contributed by atoms with Crippen molar-refractivity contribution in [2.75, 3.05) is 51.4 Å². The lowest BCUT2D eigenvalue weighted by atomic mass is 10.3. The van der Waals surface area contributed by atoms with E-state index >= 15 is 0 Å². The van der Waals surface area contributed by atoms with Gasteiger partial charge in [0.25, 0.3) is 0 Å². The van der Waals surface area contributed by atoms with Crippen LogP contribution in [0.25, 0.3) is 0 Å². The molecule has 1 N–H and O–H groups in total. The molecule has 1 heterocycles. The minimum absolute atomic E-state index is 0.672. The van der Waals surface area contributed by atoms with Crippen LogP contribution in [0.3, 0.4) is 0 Å². The van der Waals surface area contributed by atoms with Crippen molar-refractivity contribution in [3.8, 4) is 0 Å². The fourth-order valence-electron chi connectivity index (χ4n) is 1.65. The first-order valence-corrected chi connectivity index (χ1v) is 6.54. The minimum Gasteiger partial charge on any atom is -0.383 e. The van der Waals surface area contributed by atoms with E-state index in [0.717, 1.165) is 32.8 Å². The summed E-state index contributed by atoms with van der Waals surface area (Å²) >= 11 is 2.06. The molecule has 1 rings (SSSR count). The summed E-state index contributed by atoms with van der Waals surface area (Å²) in [6.07, 6.45) is 0. The van der Waals surface area contributed by atoms with Gasteiger partial charge in [-0.05, 0) is 6.54 Å². The minimum atomic E-state index is 0.672. The van der Waals surface area contributed by atoms with Crippen LogP contribution in [0.15, 0.2) is 0 Å². The fraction of sp³-hybridized carbons (Fsp3) is 1.00. The fourth-order valence-corrected chi connectivity index (χ4v) is 2.58. The summed E-state index contributed by atoms with van der Waals surface area (Å²) in [6.45, 7) is 7.55. The van der Waals surface area contributed by atoms with Crippen molar-refractivity contribution in [2.24, 2.45) is 0 Å². The van der Waals surface area contributed by atoms with E-state index in [4.69, 9.17) is 4.74 Å². The molecule has 0 spiro atoms. The van der Waals surface area contributed by atoms with Crippen molar-refractivity contribution in [3.05, 3.63) is 0 Å². The molecule has 0 aromatic heterocycles. The van der Waals surface area contributed by atoms with Crippen molar-refractivity contribution in [1.29, 1.82) is 0 Å². The molecule has 0 aromatic rings. The van der Waals surface area contributed by atoms with Crippen LogP contribution >= 0.6 is 11.8 Å². The monoisotopic (exact) mass is 218 g/mol. The van der Waals surface area contributed by atoms with Gasteiger partial charge in [0.15, 0.2) is 0 Å². The normalized spacial score (nSPS) is 22.9. The van der Waals surface area contributed by atoms with Crippen LogP contribution in [-0.4, -0.2) is 62.3 Å². The van der Waals surface area contributed by atoms with Crippen LogP contribution in [-0.2, 0) is 4.74 Å². The predicted octanol–water partition coefficient (Wildman–Crippen LogP) is 0.660. The summed E-state index contributed by atoms with van der Waals surface area (Å²) in [5.41, 5.74) is 0. The molecule has 1 unspecified atom stereocenters. The lowest BCUT2D eigenvalue weighted by Gasteiger charge is -2.29. The quantitative estimate of drug-likeness (QED) is 0.708. The highest BCUT2D eigenvalue weighted by atomic mass is 32.2. The number of hydrogen-bond donors (Lipinski definition) is 1. The SMILES string of the molecule is CCN(CCOC)CC1CSCCN1. The van der Waals surface area contributed by atoms with E-state index in [9.17, 15) is 0 Å². The maximum Gasteiger partial charge on any atom is 0.0589 e. The van der Waals surface area contributed by atoms with Crippen molar-refractivity contribution in [2.45, 2.75) is 13.0 Å². The summed E-state index contributed by atoms with van der Waals surface area (Å²) < 4.78 is 5.10. The Hall–Kier alpha value is 0.230. The van der Waals surface area contributed by atoms with Crippen LogP contribution in [0.5, 0.6) is 0 Å². The number of methoxy groups -OCH3 is 1. The zero-order valence-electron chi connectivity index (χ0n) is 9.29. The van der Waals surface area contributed by atoms with Gasteiger partial charge in [0.05, 0.1) is 6.61 Å². The third kappa shape index (κ3) is 4.64. The van der Waals surface area contributed by atoms with Crippen LogP contribution in [0.2, 0.25) is 0 Å². The Morgan fingerprint density at radius 1 is 1.57 bits per heavy atom.